The summed E-state index contributed by atoms with van der Waals surface area (Å²) in [7, 11) is -7.95. The lowest BCUT2D eigenvalue weighted by molar-refractivity contribution is -0.119. The second-order valence-corrected chi connectivity index (χ2v) is 20.8. The van der Waals surface area contributed by atoms with Gasteiger partial charge in [-0.15, -0.1) is 0 Å². The fourth-order valence-electron chi connectivity index (χ4n) is 7.03. The van der Waals surface area contributed by atoms with Gasteiger partial charge in [0.05, 0.1) is 23.0 Å². The molecule has 2 aliphatic rings. The molecule has 0 spiro atoms. The minimum absolute atomic E-state index is 0.0235. The Hall–Kier alpha value is -5.90. The molecular weight excluding hydrogens is 913 g/mol. The maximum Gasteiger partial charge on any atom is 0.488 e. The van der Waals surface area contributed by atoms with Gasteiger partial charge in [0.2, 0.25) is 11.8 Å². The molecule has 4 aromatic carbocycles. The molecule has 362 valence electrons. The van der Waals surface area contributed by atoms with E-state index in [0.29, 0.717) is 74.0 Å². The van der Waals surface area contributed by atoms with E-state index in [1.54, 1.807) is 74.5 Å². The van der Waals surface area contributed by atoms with Crippen molar-refractivity contribution in [2.24, 2.45) is 0 Å². The highest BCUT2D eigenvalue weighted by Gasteiger charge is 2.27. The standard InChI is InChI=1S/C23H27FN2O5S.C17H23FN2O5S.C6H7BO2/c1-17(18-10-11-20(24)21(14-18)31-19-8-4-2-5-9-19)16-32(29,30)13-7-3-6-12-26-15-22(27)25-23(26)28;1-12(13-5-6-14(18)15(21)9-13)11-26(24,25)8-4-2-3-7-20-10-16(22)19-17(20)23;8-7(9)6-4-2-1-3-5-6/h2,4-5,8-11,14,17H,3,6-7,12-13,15-16H2,1H3,(H,25,27,28);5-6,9,12,21H,2-4,7-8,10-11H2,1H3,(H,19,22,23);1-5,8-9H/t17-;12-;/m00./s1. The number of para-hydroxylation sites is 1. The highest BCUT2D eigenvalue weighted by Crippen LogP contribution is 2.29. The van der Waals surface area contributed by atoms with E-state index in [4.69, 9.17) is 14.8 Å². The van der Waals surface area contributed by atoms with E-state index >= 15 is 0 Å². The van der Waals surface area contributed by atoms with Crippen LogP contribution in [0.1, 0.15) is 75.3 Å². The number of hydrogen-bond donors (Lipinski definition) is 5. The number of phenols is 1. The molecule has 2 saturated heterocycles. The molecule has 2 atom stereocenters. The Bertz CT molecular complexity index is 2510. The highest BCUT2D eigenvalue weighted by molar-refractivity contribution is 7.91. The number of carbonyl (C=O) groups excluding carboxylic acids is 4. The van der Waals surface area contributed by atoms with Gasteiger partial charge in [0.15, 0.2) is 42.8 Å². The minimum atomic E-state index is -3.31. The first-order chi connectivity index (χ1) is 31.7. The summed E-state index contributed by atoms with van der Waals surface area (Å²) in [6.07, 6.45) is 3.46. The second kappa shape index (κ2) is 25.9. The van der Waals surface area contributed by atoms with Crippen LogP contribution in [0.5, 0.6) is 17.2 Å². The van der Waals surface area contributed by atoms with Crippen LogP contribution < -0.4 is 20.8 Å². The Balaban J connectivity index is 0.000000250. The van der Waals surface area contributed by atoms with Crippen molar-refractivity contribution >= 4 is 56.1 Å². The Morgan fingerprint density at radius 2 is 1.07 bits per heavy atom. The highest BCUT2D eigenvalue weighted by atomic mass is 32.2. The number of halogens is 2. The summed E-state index contributed by atoms with van der Waals surface area (Å²) in [5.41, 5.74) is 1.78. The van der Waals surface area contributed by atoms with Gasteiger partial charge >= 0.3 is 19.2 Å². The molecule has 6 rings (SSSR count). The van der Waals surface area contributed by atoms with E-state index in [9.17, 15) is 49.9 Å². The summed E-state index contributed by atoms with van der Waals surface area (Å²) in [5.74, 6) is -2.57. The number of imide groups is 2. The summed E-state index contributed by atoms with van der Waals surface area (Å²) in [4.78, 5) is 47.9. The summed E-state index contributed by atoms with van der Waals surface area (Å²) >= 11 is 0. The summed E-state index contributed by atoms with van der Waals surface area (Å²) in [6.45, 7) is 4.46. The molecule has 0 aromatic heterocycles. The van der Waals surface area contributed by atoms with Crippen molar-refractivity contribution in [3.8, 4) is 17.2 Å². The van der Waals surface area contributed by atoms with Gasteiger partial charge in [-0.2, -0.15) is 0 Å². The van der Waals surface area contributed by atoms with Crippen LogP contribution in [0.2, 0.25) is 0 Å². The zero-order chi connectivity index (χ0) is 49.1. The van der Waals surface area contributed by atoms with Crippen molar-refractivity contribution in [1.82, 2.24) is 20.4 Å². The largest absolute Gasteiger partial charge is 0.505 e. The van der Waals surface area contributed by atoms with Gasteiger partial charge in [-0.25, -0.2) is 35.2 Å². The first-order valence-electron chi connectivity index (χ1n) is 21.7. The maximum atomic E-state index is 14.2. The summed E-state index contributed by atoms with van der Waals surface area (Å²) < 4.78 is 82.4. The van der Waals surface area contributed by atoms with Crippen LogP contribution in [-0.4, -0.2) is 122 Å². The van der Waals surface area contributed by atoms with Crippen LogP contribution >= 0.6 is 0 Å². The second-order valence-electron chi connectivity index (χ2n) is 16.3. The van der Waals surface area contributed by atoms with E-state index < -0.39 is 56.2 Å². The molecule has 67 heavy (non-hydrogen) atoms. The Labute approximate surface area is 390 Å². The molecule has 4 aromatic rings. The van der Waals surface area contributed by atoms with Gasteiger partial charge in [0, 0.05) is 13.1 Å². The molecule has 0 radical (unpaired) electrons. The Morgan fingerprint density at radius 3 is 1.49 bits per heavy atom. The van der Waals surface area contributed by atoms with E-state index in [1.807, 2.05) is 12.1 Å². The van der Waals surface area contributed by atoms with Gasteiger partial charge < -0.3 is 29.7 Å². The molecule has 0 aliphatic carbocycles. The molecule has 2 heterocycles. The SMILES string of the molecule is C[C@@H](CS(=O)(=O)CCCCCN1CC(=O)NC1=O)c1ccc(F)c(O)c1.C[C@@H](CS(=O)(=O)CCCCCN1CC(=O)NC1=O)c1ccc(F)c(Oc2ccccc2)c1.OB(O)c1ccccc1. The predicted molar refractivity (Wildman–Crippen MR) is 249 cm³/mol. The molecule has 2 fully saturated rings. The van der Waals surface area contributed by atoms with E-state index in [2.05, 4.69) is 10.6 Å². The smallest absolute Gasteiger partial charge is 0.488 e. The Morgan fingerprint density at radius 1 is 0.627 bits per heavy atom. The molecule has 6 amide bonds. The lowest BCUT2D eigenvalue weighted by Gasteiger charge is -2.15. The van der Waals surface area contributed by atoms with Gasteiger partial charge in [0.1, 0.15) is 18.8 Å². The van der Waals surface area contributed by atoms with Gasteiger partial charge in [-0.05, 0) is 90.5 Å². The molecule has 0 bridgehead atoms. The van der Waals surface area contributed by atoms with Crippen LogP contribution in [0.15, 0.2) is 97.1 Å². The van der Waals surface area contributed by atoms with Crippen LogP contribution in [0, 0.1) is 11.6 Å². The number of unbranched alkanes of at least 4 members (excludes halogenated alkanes) is 4. The third-order valence-electron chi connectivity index (χ3n) is 10.6. The minimum Gasteiger partial charge on any atom is -0.505 e. The number of aromatic hydroxyl groups is 1. The van der Waals surface area contributed by atoms with Gasteiger partial charge in [-0.1, -0.05) is 87.4 Å². The number of rotatable bonds is 21. The van der Waals surface area contributed by atoms with Crippen LogP contribution in [-0.2, 0) is 29.3 Å². The molecule has 0 unspecified atom stereocenters. The van der Waals surface area contributed by atoms with Gasteiger partial charge in [0.25, 0.3) is 0 Å². The fraction of sp³-hybridized carbons (Fsp3) is 0.391. The zero-order valence-electron chi connectivity index (χ0n) is 37.4. The molecule has 16 nitrogen and oxygen atoms in total. The number of ether oxygens (including phenoxy) is 1. The number of hydrogen-bond acceptors (Lipinski definition) is 12. The van der Waals surface area contributed by atoms with E-state index in [-0.39, 0.29) is 65.5 Å². The van der Waals surface area contributed by atoms with Crippen molar-refractivity contribution in [3.05, 3.63) is 120 Å². The summed E-state index contributed by atoms with van der Waals surface area (Å²) in [6, 6.07) is 24.9. The third kappa shape index (κ3) is 18.7. The number of nitrogens with zero attached hydrogens (tertiary/aromatic N) is 2. The first kappa shape index (κ1) is 53.7. The first-order valence-corrected chi connectivity index (χ1v) is 25.4. The van der Waals surface area contributed by atoms with E-state index in [1.165, 1.54) is 28.0 Å². The fourth-order valence-corrected chi connectivity index (χ4v) is 10.6. The number of nitrogens with one attached hydrogen (secondary N) is 2. The van der Waals surface area contributed by atoms with Crippen molar-refractivity contribution in [2.75, 3.05) is 49.2 Å². The lowest BCUT2D eigenvalue weighted by atomic mass is 9.81. The average Bonchev–Trinajstić information content (AvgIpc) is 3.78. The third-order valence-corrected chi connectivity index (χ3v) is 14.5. The number of phenolic OH excluding ortho intramolecular Hbond substituents is 1. The van der Waals surface area contributed by atoms with Crippen molar-refractivity contribution in [3.63, 3.8) is 0 Å². The van der Waals surface area contributed by atoms with Crippen LogP contribution in [0.4, 0.5) is 18.4 Å². The number of carbonyl (C=O) groups is 4. The van der Waals surface area contributed by atoms with Crippen molar-refractivity contribution in [1.29, 1.82) is 0 Å². The zero-order valence-corrected chi connectivity index (χ0v) is 39.0. The van der Waals surface area contributed by atoms with Crippen LogP contribution in [0.3, 0.4) is 0 Å². The number of amides is 6. The summed E-state index contributed by atoms with van der Waals surface area (Å²) in [5, 5.41) is 31.0. The monoisotopic (exact) mass is 970 g/mol. The topological polar surface area (TPSA) is 237 Å². The predicted octanol–water partition coefficient (Wildman–Crippen LogP) is 5.00. The molecular formula is C46H57BF2N4O12S2. The number of urea groups is 2. The molecule has 2 aliphatic heterocycles. The van der Waals surface area contributed by atoms with Crippen molar-refractivity contribution < 1.29 is 64.7 Å². The van der Waals surface area contributed by atoms with Gasteiger partial charge in [-0.3, -0.25) is 20.2 Å². The average molecular weight is 971 g/mol. The van der Waals surface area contributed by atoms with Crippen molar-refractivity contribution in [2.45, 2.75) is 64.2 Å². The molecule has 21 heteroatoms. The lowest BCUT2D eigenvalue weighted by Crippen LogP contribution is -2.29. The normalized spacial score (nSPS) is 14.6. The number of sulfone groups is 2. The maximum absolute atomic E-state index is 14.2. The number of benzene rings is 4. The quantitative estimate of drug-likeness (QED) is 0.0422. The van der Waals surface area contributed by atoms with E-state index in [0.717, 1.165) is 6.07 Å². The Kier molecular flexibility index (Phi) is 20.7. The van der Waals surface area contributed by atoms with Crippen LogP contribution in [0.25, 0.3) is 0 Å². The molecule has 5 N–H and O–H groups in total. The molecule has 0 saturated carbocycles.